The lowest BCUT2D eigenvalue weighted by atomic mass is 10.2. The summed E-state index contributed by atoms with van der Waals surface area (Å²) in [7, 11) is 0. The normalized spacial score (nSPS) is 10.5. The summed E-state index contributed by atoms with van der Waals surface area (Å²) in [6.07, 6.45) is 0. The molecule has 0 aliphatic carbocycles. The van der Waals surface area contributed by atoms with Crippen molar-refractivity contribution in [3.63, 3.8) is 0 Å². The average Bonchev–Trinajstić information content (AvgIpc) is 2.66. The molecule has 0 aromatic heterocycles. The number of anilines is 1. The maximum Gasteiger partial charge on any atom is 0.159 e. The molecular weight excluding hydrogens is 352 g/mol. The zero-order valence-electron chi connectivity index (χ0n) is 14.7. The smallest absolute Gasteiger partial charge is 0.159 e. The van der Waals surface area contributed by atoms with Crippen LogP contribution in [0.25, 0.3) is 0 Å². The zero-order valence-corrected chi connectivity index (χ0v) is 14.7. The van der Waals surface area contributed by atoms with Gasteiger partial charge in [0.05, 0.1) is 12.3 Å². The van der Waals surface area contributed by atoms with Crippen LogP contribution in [0, 0.1) is 11.6 Å². The van der Waals surface area contributed by atoms with Crippen LogP contribution in [0.5, 0.6) is 23.0 Å². The van der Waals surface area contributed by atoms with Gasteiger partial charge in [-0.15, -0.1) is 0 Å². The molecule has 4 nitrogen and oxygen atoms in total. The Morgan fingerprint density at radius 1 is 0.778 bits per heavy atom. The molecule has 0 saturated carbocycles. The first kappa shape index (κ1) is 18.5. The summed E-state index contributed by atoms with van der Waals surface area (Å²) in [5.74, 6) is 0.594. The third-order valence-corrected chi connectivity index (χ3v) is 3.73. The van der Waals surface area contributed by atoms with E-state index in [1.165, 1.54) is 6.07 Å². The second-order valence-corrected chi connectivity index (χ2v) is 5.74. The Hall–Kier alpha value is -3.28. The summed E-state index contributed by atoms with van der Waals surface area (Å²) in [5.41, 5.74) is 6.99. The van der Waals surface area contributed by atoms with E-state index in [2.05, 4.69) is 0 Å². The molecule has 6 heteroatoms. The summed E-state index contributed by atoms with van der Waals surface area (Å²) in [4.78, 5) is 0. The first-order valence-corrected chi connectivity index (χ1v) is 8.42. The van der Waals surface area contributed by atoms with Gasteiger partial charge in [-0.2, -0.15) is 0 Å². The van der Waals surface area contributed by atoms with Gasteiger partial charge < -0.3 is 19.9 Å². The van der Waals surface area contributed by atoms with Crippen molar-refractivity contribution in [2.24, 2.45) is 0 Å². The molecule has 0 heterocycles. The van der Waals surface area contributed by atoms with Crippen molar-refractivity contribution < 1.29 is 23.0 Å². The van der Waals surface area contributed by atoms with Crippen LogP contribution in [0.1, 0.15) is 12.5 Å². The Kier molecular flexibility index (Phi) is 5.76. The van der Waals surface area contributed by atoms with Crippen LogP contribution in [0.3, 0.4) is 0 Å². The van der Waals surface area contributed by atoms with Crippen LogP contribution < -0.4 is 19.9 Å². The molecule has 0 saturated heterocycles. The van der Waals surface area contributed by atoms with Gasteiger partial charge in [-0.3, -0.25) is 0 Å². The van der Waals surface area contributed by atoms with Crippen molar-refractivity contribution in [1.29, 1.82) is 0 Å². The molecule has 3 rings (SSSR count). The maximum absolute atomic E-state index is 13.2. The Balaban J connectivity index is 1.60. The molecule has 140 valence electrons. The number of hydrogen-bond donors (Lipinski definition) is 1. The number of hydrogen-bond acceptors (Lipinski definition) is 4. The first-order chi connectivity index (χ1) is 13.0. The second kappa shape index (κ2) is 8.40. The van der Waals surface area contributed by atoms with Crippen molar-refractivity contribution >= 4 is 5.69 Å². The number of nitrogen functional groups attached to an aromatic ring is 1. The fourth-order valence-electron chi connectivity index (χ4n) is 2.40. The van der Waals surface area contributed by atoms with Crippen LogP contribution in [0.4, 0.5) is 14.5 Å². The summed E-state index contributed by atoms with van der Waals surface area (Å²) in [6.45, 7) is 2.59. The molecule has 0 unspecified atom stereocenters. The van der Waals surface area contributed by atoms with Gasteiger partial charge in [0.25, 0.3) is 0 Å². The van der Waals surface area contributed by atoms with Crippen LogP contribution in [0.2, 0.25) is 0 Å². The van der Waals surface area contributed by atoms with Crippen molar-refractivity contribution in [2.45, 2.75) is 13.5 Å². The molecule has 0 amide bonds. The third-order valence-electron chi connectivity index (χ3n) is 3.73. The quantitative estimate of drug-likeness (QED) is 0.571. The molecule has 3 aromatic carbocycles. The van der Waals surface area contributed by atoms with Gasteiger partial charge in [-0.25, -0.2) is 8.78 Å². The number of benzene rings is 3. The molecule has 0 bridgehead atoms. The topological polar surface area (TPSA) is 53.7 Å². The molecule has 0 aliphatic heterocycles. The highest BCUT2D eigenvalue weighted by Gasteiger charge is 2.06. The Morgan fingerprint density at radius 2 is 1.48 bits per heavy atom. The van der Waals surface area contributed by atoms with Gasteiger partial charge in [0.15, 0.2) is 17.4 Å². The number of rotatable bonds is 7. The molecule has 0 atom stereocenters. The van der Waals surface area contributed by atoms with E-state index >= 15 is 0 Å². The molecule has 27 heavy (non-hydrogen) atoms. The molecule has 0 aliphatic rings. The monoisotopic (exact) mass is 371 g/mol. The molecule has 0 radical (unpaired) electrons. The van der Waals surface area contributed by atoms with Gasteiger partial charge in [-0.05, 0) is 61.0 Å². The zero-order chi connectivity index (χ0) is 19.2. The van der Waals surface area contributed by atoms with E-state index in [-0.39, 0.29) is 6.61 Å². The number of nitrogens with two attached hydrogens (primary N) is 1. The van der Waals surface area contributed by atoms with Crippen molar-refractivity contribution in [2.75, 3.05) is 12.3 Å². The van der Waals surface area contributed by atoms with E-state index in [0.29, 0.717) is 40.9 Å². The summed E-state index contributed by atoms with van der Waals surface area (Å²) >= 11 is 0. The lowest BCUT2D eigenvalue weighted by molar-refractivity contribution is 0.304. The van der Waals surface area contributed by atoms with Gasteiger partial charge in [0.1, 0.15) is 23.9 Å². The fourth-order valence-corrected chi connectivity index (χ4v) is 2.40. The van der Waals surface area contributed by atoms with Crippen molar-refractivity contribution in [3.05, 3.63) is 77.9 Å². The van der Waals surface area contributed by atoms with Gasteiger partial charge in [-0.1, -0.05) is 6.07 Å². The highest BCUT2D eigenvalue weighted by atomic mass is 19.2. The highest BCUT2D eigenvalue weighted by molar-refractivity contribution is 5.57. The van der Waals surface area contributed by atoms with E-state index in [0.717, 1.165) is 12.1 Å². The highest BCUT2D eigenvalue weighted by Crippen LogP contribution is 2.31. The lowest BCUT2D eigenvalue weighted by Gasteiger charge is -2.11. The lowest BCUT2D eigenvalue weighted by Crippen LogP contribution is -1.97. The van der Waals surface area contributed by atoms with Crippen LogP contribution in [-0.2, 0) is 6.61 Å². The Morgan fingerprint density at radius 3 is 2.15 bits per heavy atom. The minimum Gasteiger partial charge on any atom is -0.494 e. The summed E-state index contributed by atoms with van der Waals surface area (Å²) < 4.78 is 42.9. The fraction of sp³-hybridized carbons (Fsp3) is 0.143. The predicted molar refractivity (Wildman–Crippen MR) is 99.2 cm³/mol. The summed E-state index contributed by atoms with van der Waals surface area (Å²) in [6, 6.07) is 15.8. The predicted octanol–water partition coefficient (Wildman–Crippen LogP) is 5.32. The van der Waals surface area contributed by atoms with E-state index < -0.39 is 11.6 Å². The number of halogens is 2. The van der Waals surface area contributed by atoms with E-state index in [9.17, 15) is 8.78 Å². The number of ether oxygens (including phenoxy) is 3. The molecule has 0 fully saturated rings. The van der Waals surface area contributed by atoms with Crippen molar-refractivity contribution in [1.82, 2.24) is 0 Å². The average molecular weight is 371 g/mol. The molecular formula is C21H19F2NO3. The standard InChI is InChI=1S/C21H19F2NO3/c1-2-25-17-8-10-21(20(24)12-17)27-16-6-4-15(5-7-16)26-13-14-3-9-18(22)19(23)11-14/h3-12H,2,13,24H2,1H3. The van der Waals surface area contributed by atoms with Gasteiger partial charge in [0.2, 0.25) is 0 Å². The minimum atomic E-state index is -0.896. The molecule has 2 N–H and O–H groups in total. The largest absolute Gasteiger partial charge is 0.494 e. The van der Waals surface area contributed by atoms with Crippen molar-refractivity contribution in [3.8, 4) is 23.0 Å². The van der Waals surface area contributed by atoms with Crippen LogP contribution in [0.15, 0.2) is 60.7 Å². The minimum absolute atomic E-state index is 0.128. The Bertz CT molecular complexity index is 914. The maximum atomic E-state index is 13.2. The second-order valence-electron chi connectivity index (χ2n) is 5.74. The van der Waals surface area contributed by atoms with Gasteiger partial charge in [0, 0.05) is 6.07 Å². The van der Waals surface area contributed by atoms with E-state index in [4.69, 9.17) is 19.9 Å². The third kappa shape index (κ3) is 4.88. The van der Waals surface area contributed by atoms with Gasteiger partial charge >= 0.3 is 0 Å². The first-order valence-electron chi connectivity index (χ1n) is 8.42. The molecule has 3 aromatic rings. The molecule has 0 spiro atoms. The van der Waals surface area contributed by atoms with E-state index in [1.54, 1.807) is 42.5 Å². The van der Waals surface area contributed by atoms with Crippen LogP contribution in [-0.4, -0.2) is 6.61 Å². The van der Waals surface area contributed by atoms with E-state index in [1.807, 2.05) is 6.92 Å². The summed E-state index contributed by atoms with van der Waals surface area (Å²) in [5, 5.41) is 0. The van der Waals surface area contributed by atoms with Crippen LogP contribution >= 0.6 is 0 Å². The Labute approximate surface area is 156 Å². The SMILES string of the molecule is CCOc1ccc(Oc2ccc(OCc3ccc(F)c(F)c3)cc2)c(N)c1.